The van der Waals surface area contributed by atoms with Crippen LogP contribution >= 0.6 is 15.9 Å². The quantitative estimate of drug-likeness (QED) is 0.726. The minimum Gasteiger partial charge on any atom is -0.487 e. The Balaban J connectivity index is 1.88. The van der Waals surface area contributed by atoms with Gasteiger partial charge in [-0.25, -0.2) is 0 Å². The lowest BCUT2D eigenvalue weighted by molar-refractivity contribution is 0.0189. The van der Waals surface area contributed by atoms with Gasteiger partial charge in [-0.15, -0.1) is 0 Å². The molecule has 0 bridgehead atoms. The highest BCUT2D eigenvalue weighted by Gasteiger charge is 2.42. The van der Waals surface area contributed by atoms with E-state index in [4.69, 9.17) is 10.5 Å². The van der Waals surface area contributed by atoms with Crippen LogP contribution in [-0.2, 0) is 0 Å². The molecule has 1 saturated carbocycles. The monoisotopic (exact) mass is 337 g/mol. The summed E-state index contributed by atoms with van der Waals surface area (Å²) in [6.45, 7) is 4.75. The summed E-state index contributed by atoms with van der Waals surface area (Å²) < 4.78 is 7.54. The Labute approximate surface area is 130 Å². The molecule has 0 aromatic heterocycles. The van der Waals surface area contributed by atoms with Crippen molar-refractivity contribution in [1.82, 2.24) is 0 Å². The van der Waals surface area contributed by atoms with Crippen molar-refractivity contribution in [3.05, 3.63) is 28.2 Å². The third kappa shape index (κ3) is 2.75. The van der Waals surface area contributed by atoms with E-state index in [1.807, 2.05) is 6.07 Å². The Kier molecular flexibility index (Phi) is 3.62. The molecule has 2 nitrogen and oxygen atoms in total. The van der Waals surface area contributed by atoms with Crippen LogP contribution in [0.1, 0.15) is 64.0 Å². The summed E-state index contributed by atoms with van der Waals surface area (Å²) >= 11 is 3.52. The molecule has 1 fully saturated rings. The molecule has 1 unspecified atom stereocenters. The van der Waals surface area contributed by atoms with E-state index in [0.29, 0.717) is 5.41 Å². The second-order valence-electron chi connectivity index (χ2n) is 7.30. The summed E-state index contributed by atoms with van der Waals surface area (Å²) in [7, 11) is 0. The van der Waals surface area contributed by atoms with Crippen LogP contribution in [-0.4, -0.2) is 5.60 Å². The van der Waals surface area contributed by atoms with Gasteiger partial charge in [-0.1, -0.05) is 29.8 Å². The number of nitrogens with two attached hydrogens (primary N) is 1. The Morgan fingerprint density at radius 1 is 1.20 bits per heavy atom. The van der Waals surface area contributed by atoms with Crippen LogP contribution in [0.2, 0.25) is 0 Å². The molecule has 0 saturated heterocycles. The molecule has 1 heterocycles. The number of hydrogen-bond donors (Lipinski definition) is 1. The standard InChI is InChI=1S/C17H24BrNO/c1-16(2)6-3-7-17(9-8-16)11-14(19)13-10-12(18)4-5-15(13)20-17/h4-5,10,14H,3,6-9,11,19H2,1-2H3/t14-,17?/m1/s1. The van der Waals surface area contributed by atoms with Gasteiger partial charge in [0.05, 0.1) is 0 Å². The molecular formula is C17H24BrNO. The first kappa shape index (κ1) is 14.4. The van der Waals surface area contributed by atoms with Crippen molar-refractivity contribution < 1.29 is 4.74 Å². The van der Waals surface area contributed by atoms with Gasteiger partial charge in [0.25, 0.3) is 0 Å². The van der Waals surface area contributed by atoms with E-state index >= 15 is 0 Å². The third-order valence-corrected chi connectivity index (χ3v) is 5.53. The fourth-order valence-electron chi connectivity index (χ4n) is 3.70. The molecule has 3 rings (SSSR count). The van der Waals surface area contributed by atoms with Gasteiger partial charge in [-0.05, 0) is 55.7 Å². The summed E-state index contributed by atoms with van der Waals surface area (Å²) in [4.78, 5) is 0. The summed E-state index contributed by atoms with van der Waals surface area (Å²) in [5, 5.41) is 0. The van der Waals surface area contributed by atoms with Gasteiger partial charge in [0, 0.05) is 22.5 Å². The summed E-state index contributed by atoms with van der Waals surface area (Å²) in [5.41, 5.74) is 7.99. The second kappa shape index (κ2) is 5.03. The minimum atomic E-state index is -0.0337. The molecule has 110 valence electrons. The molecule has 20 heavy (non-hydrogen) atoms. The number of rotatable bonds is 0. The summed E-state index contributed by atoms with van der Waals surface area (Å²) in [6, 6.07) is 6.31. The van der Waals surface area contributed by atoms with Crippen LogP contribution < -0.4 is 10.5 Å². The second-order valence-corrected chi connectivity index (χ2v) is 8.21. The Hall–Kier alpha value is -0.540. The van der Waals surface area contributed by atoms with E-state index in [1.54, 1.807) is 0 Å². The maximum Gasteiger partial charge on any atom is 0.124 e. The Morgan fingerprint density at radius 3 is 2.80 bits per heavy atom. The highest BCUT2D eigenvalue weighted by Crippen LogP contribution is 2.48. The molecule has 0 amide bonds. The van der Waals surface area contributed by atoms with Crippen LogP contribution in [0.3, 0.4) is 0 Å². The summed E-state index contributed by atoms with van der Waals surface area (Å²) in [6.07, 6.45) is 6.98. The first-order valence-corrected chi connectivity index (χ1v) is 8.43. The number of fused-ring (bicyclic) bond motifs is 1. The smallest absolute Gasteiger partial charge is 0.124 e. The lowest BCUT2D eigenvalue weighted by atomic mass is 9.80. The average Bonchev–Trinajstić information content (AvgIpc) is 2.51. The molecular weight excluding hydrogens is 314 g/mol. The molecule has 1 aliphatic carbocycles. The zero-order valence-corrected chi connectivity index (χ0v) is 14.0. The predicted molar refractivity (Wildman–Crippen MR) is 85.9 cm³/mol. The molecule has 1 spiro atoms. The van der Waals surface area contributed by atoms with E-state index < -0.39 is 0 Å². The van der Waals surface area contributed by atoms with Gasteiger partial charge in [0.2, 0.25) is 0 Å². The topological polar surface area (TPSA) is 35.2 Å². The van der Waals surface area contributed by atoms with E-state index in [-0.39, 0.29) is 11.6 Å². The van der Waals surface area contributed by atoms with E-state index in [1.165, 1.54) is 19.3 Å². The predicted octanol–water partition coefficient (Wildman–Crippen LogP) is 4.96. The molecule has 3 heteroatoms. The van der Waals surface area contributed by atoms with E-state index in [2.05, 4.69) is 41.9 Å². The molecule has 1 aromatic rings. The first-order valence-electron chi connectivity index (χ1n) is 7.63. The highest BCUT2D eigenvalue weighted by atomic mass is 79.9. The normalized spacial score (nSPS) is 32.3. The lowest BCUT2D eigenvalue weighted by Gasteiger charge is -2.41. The van der Waals surface area contributed by atoms with Crippen LogP contribution in [0.4, 0.5) is 0 Å². The average molecular weight is 338 g/mol. The van der Waals surface area contributed by atoms with Crippen LogP contribution in [0.25, 0.3) is 0 Å². The van der Waals surface area contributed by atoms with Gasteiger partial charge in [-0.3, -0.25) is 0 Å². The van der Waals surface area contributed by atoms with Crippen molar-refractivity contribution in [3.8, 4) is 5.75 Å². The molecule has 1 aliphatic heterocycles. The van der Waals surface area contributed by atoms with Gasteiger partial charge >= 0.3 is 0 Å². The van der Waals surface area contributed by atoms with Crippen LogP contribution in [0.15, 0.2) is 22.7 Å². The summed E-state index contributed by atoms with van der Waals surface area (Å²) in [5.74, 6) is 0.992. The number of halogens is 1. The fourth-order valence-corrected chi connectivity index (χ4v) is 4.08. The minimum absolute atomic E-state index is 0.0337. The molecule has 2 N–H and O–H groups in total. The van der Waals surface area contributed by atoms with Gasteiger partial charge in [0.1, 0.15) is 11.4 Å². The van der Waals surface area contributed by atoms with Crippen molar-refractivity contribution in [1.29, 1.82) is 0 Å². The Bertz CT molecular complexity index is 514. The van der Waals surface area contributed by atoms with Crippen molar-refractivity contribution in [2.24, 2.45) is 11.1 Å². The SMILES string of the molecule is CC1(C)CCCC2(CC1)C[C@@H](N)c1cc(Br)ccc1O2. The zero-order chi connectivity index (χ0) is 14.4. The zero-order valence-electron chi connectivity index (χ0n) is 12.4. The molecule has 2 atom stereocenters. The number of hydrogen-bond acceptors (Lipinski definition) is 2. The van der Waals surface area contributed by atoms with E-state index in [0.717, 1.165) is 35.0 Å². The van der Waals surface area contributed by atoms with Crippen molar-refractivity contribution in [3.63, 3.8) is 0 Å². The highest BCUT2D eigenvalue weighted by molar-refractivity contribution is 9.10. The van der Waals surface area contributed by atoms with Crippen LogP contribution in [0.5, 0.6) is 5.75 Å². The molecule has 1 aromatic carbocycles. The maximum absolute atomic E-state index is 6.46. The van der Waals surface area contributed by atoms with Crippen molar-refractivity contribution >= 4 is 15.9 Å². The molecule has 2 aliphatic rings. The van der Waals surface area contributed by atoms with Gasteiger partial charge in [0.15, 0.2) is 0 Å². The Morgan fingerprint density at radius 2 is 2.00 bits per heavy atom. The largest absolute Gasteiger partial charge is 0.487 e. The van der Waals surface area contributed by atoms with Gasteiger partial charge < -0.3 is 10.5 Å². The molecule has 0 radical (unpaired) electrons. The maximum atomic E-state index is 6.46. The van der Waals surface area contributed by atoms with Crippen LogP contribution in [0, 0.1) is 5.41 Å². The number of benzene rings is 1. The third-order valence-electron chi connectivity index (χ3n) is 5.03. The number of ether oxygens (including phenoxy) is 1. The first-order chi connectivity index (χ1) is 9.39. The fraction of sp³-hybridized carbons (Fsp3) is 0.647. The van der Waals surface area contributed by atoms with Crippen molar-refractivity contribution in [2.75, 3.05) is 0 Å². The van der Waals surface area contributed by atoms with Crippen molar-refractivity contribution in [2.45, 2.75) is 64.0 Å². The van der Waals surface area contributed by atoms with Gasteiger partial charge in [-0.2, -0.15) is 0 Å². The lowest BCUT2D eigenvalue weighted by Crippen LogP contribution is -2.42. The van der Waals surface area contributed by atoms with E-state index in [9.17, 15) is 0 Å².